The average Bonchev–Trinajstić information content (AvgIpc) is 2.73. The zero-order valence-electron chi connectivity index (χ0n) is 15.0. The molecule has 4 rings (SSSR count). The van der Waals surface area contributed by atoms with E-state index in [1.807, 2.05) is 24.3 Å². The van der Waals surface area contributed by atoms with Gasteiger partial charge >= 0.3 is 0 Å². The number of non-ortho nitro benzene ring substituents is 1. The van der Waals surface area contributed by atoms with E-state index < -0.39 is 0 Å². The number of anilines is 2. The van der Waals surface area contributed by atoms with E-state index in [9.17, 15) is 10.1 Å². The van der Waals surface area contributed by atoms with Gasteiger partial charge in [0.25, 0.3) is 5.69 Å². The summed E-state index contributed by atoms with van der Waals surface area (Å²) in [5, 5.41) is 11.9. The Morgan fingerprint density at radius 3 is 2.56 bits per heavy atom. The number of benzene rings is 2. The fourth-order valence-corrected chi connectivity index (χ4v) is 3.57. The highest BCUT2D eigenvalue weighted by molar-refractivity contribution is 5.97. The maximum atomic E-state index is 11.3. The van der Waals surface area contributed by atoms with E-state index in [2.05, 4.69) is 20.9 Å². The van der Waals surface area contributed by atoms with E-state index in [4.69, 9.17) is 4.74 Å². The summed E-state index contributed by atoms with van der Waals surface area (Å²) in [5.41, 5.74) is 2.86. The monoisotopic (exact) mass is 364 g/mol. The molecule has 3 aromatic rings. The zero-order chi connectivity index (χ0) is 18.8. The Hall–Kier alpha value is -3.35. The Bertz CT molecular complexity index is 984. The number of piperazine rings is 1. The van der Waals surface area contributed by atoms with Crippen molar-refractivity contribution in [1.29, 1.82) is 0 Å². The molecule has 0 spiro atoms. The van der Waals surface area contributed by atoms with Gasteiger partial charge in [-0.15, -0.1) is 0 Å². The van der Waals surface area contributed by atoms with Crippen molar-refractivity contribution in [3.63, 3.8) is 0 Å². The van der Waals surface area contributed by atoms with Crippen LogP contribution in [0.1, 0.15) is 0 Å². The van der Waals surface area contributed by atoms with Crippen LogP contribution in [-0.2, 0) is 0 Å². The van der Waals surface area contributed by atoms with E-state index in [0.717, 1.165) is 43.3 Å². The molecule has 0 radical (unpaired) electrons. The number of nitro benzene ring substituents is 1. The van der Waals surface area contributed by atoms with Gasteiger partial charge in [0.2, 0.25) is 0 Å². The Kier molecular flexibility index (Phi) is 4.50. The number of fused-ring (bicyclic) bond motifs is 1. The van der Waals surface area contributed by atoms with Crippen molar-refractivity contribution in [3.05, 3.63) is 64.8 Å². The van der Waals surface area contributed by atoms with Crippen LogP contribution in [-0.4, -0.2) is 43.2 Å². The van der Waals surface area contributed by atoms with Crippen LogP contribution in [0.25, 0.3) is 10.9 Å². The molecule has 0 aliphatic carbocycles. The van der Waals surface area contributed by atoms with Crippen LogP contribution in [0.15, 0.2) is 54.7 Å². The fraction of sp³-hybridized carbons (Fsp3) is 0.250. The number of hydrogen-bond acceptors (Lipinski definition) is 6. The maximum Gasteiger partial charge on any atom is 0.278 e. The first-order valence-electron chi connectivity index (χ1n) is 8.83. The summed E-state index contributed by atoms with van der Waals surface area (Å²) < 4.78 is 5.31. The quantitative estimate of drug-likeness (QED) is 0.521. The molecule has 0 unspecified atom stereocenters. The number of nitrogens with zero attached hydrogens (tertiary/aromatic N) is 4. The van der Waals surface area contributed by atoms with Crippen molar-refractivity contribution < 1.29 is 9.66 Å². The summed E-state index contributed by atoms with van der Waals surface area (Å²) in [6, 6.07) is 14.9. The van der Waals surface area contributed by atoms with Crippen LogP contribution < -0.4 is 14.5 Å². The van der Waals surface area contributed by atoms with E-state index in [1.165, 1.54) is 0 Å². The molecular formula is C20H20N4O3. The van der Waals surface area contributed by atoms with Gasteiger partial charge in [-0.3, -0.25) is 15.1 Å². The topological polar surface area (TPSA) is 71.7 Å². The molecule has 0 N–H and O–H groups in total. The average molecular weight is 364 g/mol. The highest BCUT2D eigenvalue weighted by Gasteiger charge is 2.22. The van der Waals surface area contributed by atoms with E-state index in [1.54, 1.807) is 31.5 Å². The minimum Gasteiger partial charge on any atom is -0.497 e. The molecule has 1 saturated heterocycles. The first kappa shape index (κ1) is 17.1. The number of methoxy groups -OCH3 is 1. The molecule has 1 aromatic heterocycles. The molecule has 1 fully saturated rings. The third-order valence-electron chi connectivity index (χ3n) is 4.96. The van der Waals surface area contributed by atoms with Gasteiger partial charge < -0.3 is 14.5 Å². The van der Waals surface area contributed by atoms with Gasteiger partial charge in [-0.2, -0.15) is 0 Å². The predicted molar refractivity (Wildman–Crippen MR) is 106 cm³/mol. The van der Waals surface area contributed by atoms with Crippen molar-refractivity contribution in [2.75, 3.05) is 43.1 Å². The second-order valence-corrected chi connectivity index (χ2v) is 6.44. The second kappa shape index (κ2) is 7.11. The smallest absolute Gasteiger partial charge is 0.278 e. The minimum atomic E-state index is -0.353. The minimum absolute atomic E-state index is 0.0943. The number of aromatic nitrogens is 1. The summed E-state index contributed by atoms with van der Waals surface area (Å²) in [6.07, 6.45) is 1.68. The van der Waals surface area contributed by atoms with Crippen LogP contribution in [0.5, 0.6) is 5.75 Å². The molecule has 7 nitrogen and oxygen atoms in total. The Balaban J connectivity index is 1.58. The van der Waals surface area contributed by atoms with Crippen LogP contribution in [0.2, 0.25) is 0 Å². The lowest BCUT2D eigenvalue weighted by Crippen LogP contribution is -2.46. The Morgan fingerprint density at radius 2 is 1.81 bits per heavy atom. The molecular weight excluding hydrogens is 344 g/mol. The lowest BCUT2D eigenvalue weighted by Gasteiger charge is -2.37. The third-order valence-corrected chi connectivity index (χ3v) is 4.96. The van der Waals surface area contributed by atoms with E-state index in [0.29, 0.717) is 10.9 Å². The fourth-order valence-electron chi connectivity index (χ4n) is 3.57. The highest BCUT2D eigenvalue weighted by atomic mass is 16.6. The summed E-state index contributed by atoms with van der Waals surface area (Å²) in [4.78, 5) is 19.9. The van der Waals surface area contributed by atoms with Gasteiger partial charge in [-0.05, 0) is 30.3 Å². The molecule has 2 aromatic carbocycles. The number of pyridine rings is 1. The summed E-state index contributed by atoms with van der Waals surface area (Å²) in [5.74, 6) is 0.848. The Labute approximate surface area is 156 Å². The van der Waals surface area contributed by atoms with Gasteiger partial charge in [-0.1, -0.05) is 6.07 Å². The number of ether oxygens (including phenoxy) is 1. The summed E-state index contributed by atoms with van der Waals surface area (Å²) >= 11 is 0. The number of hydrogen-bond donors (Lipinski definition) is 0. The highest BCUT2D eigenvalue weighted by Crippen LogP contribution is 2.33. The molecule has 0 bridgehead atoms. The molecule has 0 atom stereocenters. The van der Waals surface area contributed by atoms with Crippen molar-refractivity contribution >= 4 is 28.0 Å². The molecule has 1 aliphatic rings. The van der Waals surface area contributed by atoms with Crippen molar-refractivity contribution in [2.24, 2.45) is 0 Å². The first-order chi connectivity index (χ1) is 13.2. The van der Waals surface area contributed by atoms with Crippen LogP contribution in [0.4, 0.5) is 17.1 Å². The van der Waals surface area contributed by atoms with Crippen molar-refractivity contribution in [2.45, 2.75) is 0 Å². The second-order valence-electron chi connectivity index (χ2n) is 6.44. The maximum absolute atomic E-state index is 11.3. The van der Waals surface area contributed by atoms with Crippen molar-refractivity contribution in [1.82, 2.24) is 4.98 Å². The van der Waals surface area contributed by atoms with Crippen LogP contribution >= 0.6 is 0 Å². The normalized spacial score (nSPS) is 14.4. The SMILES string of the molecule is COc1cccc(N2CCN(c3ccc([N+](=O)[O-])c4cccnc34)CC2)c1. The zero-order valence-corrected chi connectivity index (χ0v) is 15.0. The standard InChI is InChI=1S/C20H20N4O3/c1-27-16-5-2-4-15(14-16)22-10-12-23(13-11-22)19-8-7-18(24(25)26)17-6-3-9-21-20(17)19/h2-9,14H,10-13H2,1H3. The summed E-state index contributed by atoms with van der Waals surface area (Å²) in [6.45, 7) is 3.36. The van der Waals surface area contributed by atoms with Crippen molar-refractivity contribution in [3.8, 4) is 5.75 Å². The molecule has 7 heteroatoms. The number of rotatable bonds is 4. The van der Waals surface area contributed by atoms with Crippen LogP contribution in [0, 0.1) is 10.1 Å². The van der Waals surface area contributed by atoms with E-state index in [-0.39, 0.29) is 10.6 Å². The molecule has 2 heterocycles. The first-order valence-corrected chi connectivity index (χ1v) is 8.83. The molecule has 0 saturated carbocycles. The lowest BCUT2D eigenvalue weighted by atomic mass is 10.1. The van der Waals surface area contributed by atoms with Gasteiger partial charge in [0.1, 0.15) is 11.3 Å². The van der Waals surface area contributed by atoms with Gasteiger partial charge in [-0.25, -0.2) is 0 Å². The van der Waals surface area contributed by atoms with E-state index >= 15 is 0 Å². The van der Waals surface area contributed by atoms with Gasteiger partial charge in [0.15, 0.2) is 0 Å². The number of nitro groups is 1. The van der Waals surface area contributed by atoms with Gasteiger partial charge in [0, 0.05) is 50.2 Å². The largest absolute Gasteiger partial charge is 0.497 e. The lowest BCUT2D eigenvalue weighted by molar-refractivity contribution is -0.383. The molecule has 27 heavy (non-hydrogen) atoms. The van der Waals surface area contributed by atoms with Gasteiger partial charge in [0.05, 0.1) is 23.1 Å². The molecule has 0 amide bonds. The molecule has 1 aliphatic heterocycles. The Morgan fingerprint density at radius 1 is 1.04 bits per heavy atom. The van der Waals surface area contributed by atoms with Crippen LogP contribution in [0.3, 0.4) is 0 Å². The molecule has 138 valence electrons. The summed E-state index contributed by atoms with van der Waals surface area (Å²) in [7, 11) is 1.67. The third kappa shape index (κ3) is 3.23. The predicted octanol–water partition coefficient (Wildman–Crippen LogP) is 3.48.